The SMILES string of the molecule is c1cncc(-c2cccc3[nH]c(-c4n[nH]c5ccc(C6CCNCC6)nc45)cc23)c1. The van der Waals surface area contributed by atoms with Gasteiger partial charge in [0.25, 0.3) is 0 Å². The molecule has 1 aliphatic heterocycles. The van der Waals surface area contributed by atoms with Crippen LogP contribution in [0.1, 0.15) is 24.5 Å². The zero-order valence-corrected chi connectivity index (χ0v) is 16.5. The molecule has 4 aromatic heterocycles. The molecule has 0 amide bonds. The number of nitrogens with one attached hydrogen (secondary N) is 3. The van der Waals surface area contributed by atoms with Gasteiger partial charge in [0.1, 0.15) is 11.2 Å². The van der Waals surface area contributed by atoms with Crippen LogP contribution >= 0.6 is 0 Å². The Bertz CT molecular complexity index is 1330. The van der Waals surface area contributed by atoms with Crippen LogP contribution < -0.4 is 5.32 Å². The molecule has 5 heterocycles. The van der Waals surface area contributed by atoms with Crippen LogP contribution in [0, 0.1) is 0 Å². The quantitative estimate of drug-likeness (QED) is 0.416. The minimum absolute atomic E-state index is 0.512. The predicted octanol–water partition coefficient (Wildman–Crippen LogP) is 4.64. The summed E-state index contributed by atoms with van der Waals surface area (Å²) in [6.45, 7) is 2.11. The third-order valence-electron chi connectivity index (χ3n) is 6.08. The van der Waals surface area contributed by atoms with Crippen molar-refractivity contribution in [2.75, 3.05) is 13.1 Å². The van der Waals surface area contributed by atoms with Gasteiger partial charge in [-0.15, -0.1) is 0 Å². The number of piperidine rings is 1. The third-order valence-corrected chi connectivity index (χ3v) is 6.08. The van der Waals surface area contributed by atoms with E-state index in [9.17, 15) is 0 Å². The van der Waals surface area contributed by atoms with Crippen LogP contribution in [0.2, 0.25) is 0 Å². The topological polar surface area (TPSA) is 82.3 Å². The second-order valence-corrected chi connectivity index (χ2v) is 7.92. The molecule has 0 atom stereocenters. The fraction of sp³-hybridized carbons (Fsp3) is 0.208. The highest BCUT2D eigenvalue weighted by atomic mass is 15.1. The second kappa shape index (κ2) is 7.07. The molecule has 6 heteroatoms. The van der Waals surface area contributed by atoms with Crippen LogP contribution in [-0.4, -0.2) is 38.2 Å². The molecule has 1 aromatic carbocycles. The molecule has 0 bridgehead atoms. The number of hydrogen-bond acceptors (Lipinski definition) is 4. The Morgan fingerprint density at radius 1 is 0.933 bits per heavy atom. The number of hydrogen-bond donors (Lipinski definition) is 3. The largest absolute Gasteiger partial charge is 0.353 e. The van der Waals surface area contributed by atoms with Gasteiger partial charge in [-0.2, -0.15) is 5.10 Å². The summed E-state index contributed by atoms with van der Waals surface area (Å²) in [5, 5.41) is 12.3. The van der Waals surface area contributed by atoms with Gasteiger partial charge >= 0.3 is 0 Å². The van der Waals surface area contributed by atoms with Crippen LogP contribution in [0.15, 0.2) is 60.9 Å². The number of nitrogens with zero attached hydrogens (tertiary/aromatic N) is 3. The molecule has 6 rings (SSSR count). The van der Waals surface area contributed by atoms with Gasteiger partial charge in [-0.05, 0) is 61.8 Å². The summed E-state index contributed by atoms with van der Waals surface area (Å²) in [5.41, 5.74) is 8.25. The number of rotatable bonds is 3. The lowest BCUT2D eigenvalue weighted by Gasteiger charge is -2.22. The van der Waals surface area contributed by atoms with Crippen molar-refractivity contribution in [3.8, 4) is 22.5 Å². The Kier molecular flexibility index (Phi) is 4.09. The minimum Gasteiger partial charge on any atom is -0.353 e. The lowest BCUT2D eigenvalue weighted by Crippen LogP contribution is -2.27. The van der Waals surface area contributed by atoms with E-state index in [4.69, 9.17) is 4.98 Å². The molecule has 3 N–H and O–H groups in total. The van der Waals surface area contributed by atoms with E-state index in [1.54, 1.807) is 6.20 Å². The standard InChI is InChI=1S/C24H22N6/c1-4-17(16-3-2-10-26-14-16)18-13-22(27-20(18)5-1)24-23-21(29-30-24)7-6-19(28-23)15-8-11-25-12-9-15/h1-7,10,13-15,25,27H,8-9,11-12H2,(H,29,30). The summed E-state index contributed by atoms with van der Waals surface area (Å²) >= 11 is 0. The molecule has 1 fully saturated rings. The van der Waals surface area contributed by atoms with Crippen molar-refractivity contribution >= 4 is 21.9 Å². The first-order valence-electron chi connectivity index (χ1n) is 10.4. The van der Waals surface area contributed by atoms with Gasteiger partial charge in [0.15, 0.2) is 0 Å². The van der Waals surface area contributed by atoms with Gasteiger partial charge in [-0.25, -0.2) is 4.98 Å². The highest BCUT2D eigenvalue weighted by Crippen LogP contribution is 2.34. The first-order valence-corrected chi connectivity index (χ1v) is 10.4. The molecular formula is C24H22N6. The summed E-state index contributed by atoms with van der Waals surface area (Å²) in [7, 11) is 0. The van der Waals surface area contributed by atoms with Gasteiger partial charge in [0, 0.05) is 40.5 Å². The fourth-order valence-electron chi connectivity index (χ4n) is 4.50. The van der Waals surface area contributed by atoms with E-state index in [2.05, 4.69) is 67.9 Å². The Hall–Kier alpha value is -3.51. The van der Waals surface area contributed by atoms with Crippen molar-refractivity contribution in [2.45, 2.75) is 18.8 Å². The maximum absolute atomic E-state index is 5.03. The summed E-state index contributed by atoms with van der Waals surface area (Å²) in [4.78, 5) is 12.9. The normalized spacial score (nSPS) is 15.2. The Labute approximate surface area is 173 Å². The average molecular weight is 394 g/mol. The Balaban J connectivity index is 1.47. The van der Waals surface area contributed by atoms with Gasteiger partial charge in [-0.1, -0.05) is 18.2 Å². The molecule has 1 aliphatic rings. The number of aromatic amines is 2. The van der Waals surface area contributed by atoms with E-state index in [0.29, 0.717) is 5.92 Å². The van der Waals surface area contributed by atoms with Crippen LogP contribution in [0.5, 0.6) is 0 Å². The number of aromatic nitrogens is 5. The lowest BCUT2D eigenvalue weighted by molar-refractivity contribution is 0.454. The van der Waals surface area contributed by atoms with Gasteiger partial charge in [0.2, 0.25) is 0 Å². The van der Waals surface area contributed by atoms with E-state index in [1.165, 1.54) is 5.69 Å². The number of H-pyrrole nitrogens is 2. The van der Waals surface area contributed by atoms with Gasteiger partial charge < -0.3 is 10.3 Å². The maximum atomic E-state index is 5.03. The minimum atomic E-state index is 0.512. The zero-order valence-electron chi connectivity index (χ0n) is 16.5. The molecule has 1 saturated heterocycles. The molecule has 5 aromatic rings. The van der Waals surface area contributed by atoms with E-state index < -0.39 is 0 Å². The Morgan fingerprint density at radius 2 is 1.87 bits per heavy atom. The molecule has 0 aliphatic carbocycles. The van der Waals surface area contributed by atoms with Crippen molar-refractivity contribution in [1.29, 1.82) is 0 Å². The molecule has 0 radical (unpaired) electrons. The van der Waals surface area contributed by atoms with E-state index in [-0.39, 0.29) is 0 Å². The van der Waals surface area contributed by atoms with Gasteiger partial charge in [0.05, 0.1) is 11.2 Å². The molecule has 148 valence electrons. The summed E-state index contributed by atoms with van der Waals surface area (Å²) in [6, 6.07) is 16.8. The van der Waals surface area contributed by atoms with Crippen molar-refractivity contribution in [2.24, 2.45) is 0 Å². The zero-order chi connectivity index (χ0) is 19.9. The maximum Gasteiger partial charge on any atom is 0.135 e. The van der Waals surface area contributed by atoms with Crippen molar-refractivity contribution in [1.82, 2.24) is 30.5 Å². The van der Waals surface area contributed by atoms with Crippen LogP contribution in [0.3, 0.4) is 0 Å². The number of pyridine rings is 2. The highest BCUT2D eigenvalue weighted by Gasteiger charge is 2.19. The average Bonchev–Trinajstić information content (AvgIpc) is 3.43. The van der Waals surface area contributed by atoms with Crippen LogP contribution in [-0.2, 0) is 0 Å². The summed E-state index contributed by atoms with van der Waals surface area (Å²) < 4.78 is 0. The smallest absolute Gasteiger partial charge is 0.135 e. The van der Waals surface area contributed by atoms with Crippen molar-refractivity contribution in [3.63, 3.8) is 0 Å². The van der Waals surface area contributed by atoms with Gasteiger partial charge in [-0.3, -0.25) is 10.1 Å². The third kappa shape index (κ3) is 2.88. The fourth-order valence-corrected chi connectivity index (χ4v) is 4.50. The second-order valence-electron chi connectivity index (χ2n) is 7.92. The molecule has 0 unspecified atom stereocenters. The number of fused-ring (bicyclic) bond motifs is 2. The van der Waals surface area contributed by atoms with Crippen LogP contribution in [0.4, 0.5) is 0 Å². The molecule has 30 heavy (non-hydrogen) atoms. The molecule has 0 saturated carbocycles. The molecular weight excluding hydrogens is 372 g/mol. The number of benzene rings is 1. The summed E-state index contributed by atoms with van der Waals surface area (Å²) in [6.07, 6.45) is 5.96. The first-order chi connectivity index (χ1) is 14.9. The van der Waals surface area contributed by atoms with Crippen molar-refractivity contribution in [3.05, 3.63) is 66.6 Å². The van der Waals surface area contributed by atoms with E-state index in [1.807, 2.05) is 12.3 Å². The lowest BCUT2D eigenvalue weighted by atomic mass is 9.94. The highest BCUT2D eigenvalue weighted by molar-refractivity contribution is 6.00. The van der Waals surface area contributed by atoms with Crippen LogP contribution in [0.25, 0.3) is 44.5 Å². The Morgan fingerprint density at radius 3 is 2.73 bits per heavy atom. The first kappa shape index (κ1) is 17.4. The summed E-state index contributed by atoms with van der Waals surface area (Å²) in [5.74, 6) is 0.512. The van der Waals surface area contributed by atoms with E-state index in [0.717, 1.165) is 70.4 Å². The van der Waals surface area contributed by atoms with Crippen molar-refractivity contribution < 1.29 is 0 Å². The molecule has 0 spiro atoms. The van der Waals surface area contributed by atoms with E-state index >= 15 is 0 Å². The molecule has 6 nitrogen and oxygen atoms in total. The monoisotopic (exact) mass is 394 g/mol. The predicted molar refractivity (Wildman–Crippen MR) is 119 cm³/mol.